The van der Waals surface area contributed by atoms with Gasteiger partial charge in [0.05, 0.1) is 5.69 Å². The van der Waals surface area contributed by atoms with Crippen molar-refractivity contribution in [1.82, 2.24) is 14.8 Å². The Morgan fingerprint density at radius 3 is 2.79 bits per heavy atom. The van der Waals surface area contributed by atoms with Crippen molar-refractivity contribution in [1.29, 1.82) is 0 Å². The molecule has 2 rings (SSSR count). The second-order valence-electron chi connectivity index (χ2n) is 4.65. The molecule has 100 valence electrons. The normalized spacial score (nSPS) is 10.9. The second-order valence-corrected chi connectivity index (χ2v) is 5.08. The zero-order valence-corrected chi connectivity index (χ0v) is 11.4. The molecular weight excluding hydrogens is 266 g/mol. The Bertz CT molecular complexity index is 608. The van der Waals surface area contributed by atoms with Crippen LogP contribution >= 0.6 is 11.6 Å². The maximum absolute atomic E-state index is 11.0. The average Bonchev–Trinajstić information content (AvgIpc) is 2.72. The number of hydrogen-bond acceptors (Lipinski definition) is 3. The summed E-state index contributed by atoms with van der Waals surface area (Å²) in [6.07, 6.45) is 0.646. The van der Waals surface area contributed by atoms with Gasteiger partial charge in [0, 0.05) is 11.4 Å². The number of nitrogens with zero attached hydrogens (tertiary/aromatic N) is 3. The molecule has 0 aliphatic rings. The van der Waals surface area contributed by atoms with E-state index in [2.05, 4.69) is 10.1 Å². The standard InChI is InChI=1S/C13H14ClN3O2/c1-8(2)6-11-15-12(13(18)19)16-17(11)10-5-3-4-9(14)7-10/h3-5,7-8H,6H2,1-2H3,(H,18,19). The monoisotopic (exact) mass is 279 g/mol. The minimum atomic E-state index is -1.13. The van der Waals surface area contributed by atoms with Crippen LogP contribution in [0.4, 0.5) is 0 Å². The number of aromatic nitrogens is 3. The zero-order valence-electron chi connectivity index (χ0n) is 10.7. The number of carboxylic acids is 1. The first-order chi connectivity index (χ1) is 8.97. The number of carbonyl (C=O) groups is 1. The van der Waals surface area contributed by atoms with E-state index in [0.29, 0.717) is 28.9 Å². The predicted octanol–water partition coefficient (Wildman–Crippen LogP) is 2.82. The maximum Gasteiger partial charge on any atom is 0.375 e. The summed E-state index contributed by atoms with van der Waals surface area (Å²) in [6, 6.07) is 7.09. The fourth-order valence-corrected chi connectivity index (χ4v) is 1.93. The third-order valence-electron chi connectivity index (χ3n) is 2.51. The van der Waals surface area contributed by atoms with E-state index >= 15 is 0 Å². The highest BCUT2D eigenvalue weighted by Gasteiger charge is 2.17. The Balaban J connectivity index is 2.50. The van der Waals surface area contributed by atoms with Crippen LogP contribution in [0.3, 0.4) is 0 Å². The van der Waals surface area contributed by atoms with Crippen molar-refractivity contribution in [3.63, 3.8) is 0 Å². The van der Waals surface area contributed by atoms with Crippen LogP contribution in [0.5, 0.6) is 0 Å². The van der Waals surface area contributed by atoms with Gasteiger partial charge in [0.25, 0.3) is 5.82 Å². The average molecular weight is 280 g/mol. The van der Waals surface area contributed by atoms with Crippen LogP contribution in [0.1, 0.15) is 30.3 Å². The van der Waals surface area contributed by atoms with E-state index in [1.807, 2.05) is 19.9 Å². The van der Waals surface area contributed by atoms with Crippen molar-refractivity contribution in [3.05, 3.63) is 40.9 Å². The van der Waals surface area contributed by atoms with Gasteiger partial charge in [0.1, 0.15) is 5.82 Å². The van der Waals surface area contributed by atoms with Gasteiger partial charge in [-0.2, -0.15) is 0 Å². The Morgan fingerprint density at radius 1 is 1.47 bits per heavy atom. The molecule has 1 aromatic heterocycles. The Kier molecular flexibility index (Phi) is 3.85. The molecule has 1 N–H and O–H groups in total. The van der Waals surface area contributed by atoms with Gasteiger partial charge in [-0.15, -0.1) is 5.10 Å². The SMILES string of the molecule is CC(C)Cc1nc(C(=O)O)nn1-c1cccc(Cl)c1. The molecule has 0 aliphatic heterocycles. The molecule has 5 nitrogen and oxygen atoms in total. The second kappa shape index (κ2) is 5.40. The molecule has 0 bridgehead atoms. The molecule has 0 atom stereocenters. The Hall–Kier alpha value is -1.88. The number of halogens is 1. The van der Waals surface area contributed by atoms with Gasteiger partial charge in [-0.3, -0.25) is 0 Å². The first-order valence-corrected chi connectivity index (χ1v) is 6.30. The van der Waals surface area contributed by atoms with Crippen LogP contribution in [0, 0.1) is 5.92 Å². The quantitative estimate of drug-likeness (QED) is 0.934. The summed E-state index contributed by atoms with van der Waals surface area (Å²) in [5.41, 5.74) is 0.711. The Labute approximate surface area is 115 Å². The molecule has 0 amide bonds. The van der Waals surface area contributed by atoms with Gasteiger partial charge in [-0.1, -0.05) is 31.5 Å². The van der Waals surface area contributed by atoms with E-state index < -0.39 is 5.97 Å². The molecule has 1 heterocycles. The summed E-state index contributed by atoms with van der Waals surface area (Å²) >= 11 is 5.94. The minimum Gasteiger partial charge on any atom is -0.475 e. The smallest absolute Gasteiger partial charge is 0.375 e. The first-order valence-electron chi connectivity index (χ1n) is 5.92. The molecule has 0 radical (unpaired) electrons. The molecule has 0 saturated heterocycles. The van der Waals surface area contributed by atoms with E-state index in [4.69, 9.17) is 16.7 Å². The summed E-state index contributed by atoms with van der Waals surface area (Å²) in [5, 5.41) is 13.6. The highest BCUT2D eigenvalue weighted by Crippen LogP contribution is 2.17. The van der Waals surface area contributed by atoms with Crippen LogP contribution in [-0.2, 0) is 6.42 Å². The van der Waals surface area contributed by atoms with Crippen LogP contribution < -0.4 is 0 Å². The summed E-state index contributed by atoms with van der Waals surface area (Å²) in [4.78, 5) is 15.1. The van der Waals surface area contributed by atoms with E-state index in [-0.39, 0.29) is 5.82 Å². The lowest BCUT2D eigenvalue weighted by Gasteiger charge is -2.07. The summed E-state index contributed by atoms with van der Waals surface area (Å²) < 4.78 is 1.54. The highest BCUT2D eigenvalue weighted by molar-refractivity contribution is 6.30. The molecule has 0 unspecified atom stereocenters. The lowest BCUT2D eigenvalue weighted by atomic mass is 10.1. The molecule has 1 aromatic carbocycles. The molecule has 0 saturated carbocycles. The highest BCUT2D eigenvalue weighted by atomic mass is 35.5. The molecule has 19 heavy (non-hydrogen) atoms. The largest absolute Gasteiger partial charge is 0.475 e. The van der Waals surface area contributed by atoms with Crippen molar-refractivity contribution < 1.29 is 9.90 Å². The number of hydrogen-bond donors (Lipinski definition) is 1. The third kappa shape index (κ3) is 3.12. The number of carboxylic acid groups (broad SMARTS) is 1. The van der Waals surface area contributed by atoms with Gasteiger partial charge < -0.3 is 5.11 Å². The van der Waals surface area contributed by atoms with Gasteiger partial charge >= 0.3 is 5.97 Å². The fourth-order valence-electron chi connectivity index (χ4n) is 1.75. The summed E-state index contributed by atoms with van der Waals surface area (Å²) in [7, 11) is 0. The minimum absolute atomic E-state index is 0.198. The van der Waals surface area contributed by atoms with Crippen LogP contribution in [-0.4, -0.2) is 25.8 Å². The maximum atomic E-state index is 11.0. The van der Waals surface area contributed by atoms with Crippen LogP contribution in [0.25, 0.3) is 5.69 Å². The van der Waals surface area contributed by atoms with E-state index in [1.165, 1.54) is 4.68 Å². The molecule has 0 fully saturated rings. The number of benzene rings is 1. The Morgan fingerprint density at radius 2 is 2.21 bits per heavy atom. The van der Waals surface area contributed by atoms with Crippen molar-refractivity contribution in [2.24, 2.45) is 5.92 Å². The van der Waals surface area contributed by atoms with Crippen molar-refractivity contribution in [2.75, 3.05) is 0 Å². The number of aromatic carboxylic acids is 1. The molecule has 6 heteroatoms. The lowest BCUT2D eigenvalue weighted by molar-refractivity contribution is 0.0683. The molecule has 0 spiro atoms. The fraction of sp³-hybridized carbons (Fsp3) is 0.308. The van der Waals surface area contributed by atoms with Gasteiger partial charge in [-0.25, -0.2) is 14.5 Å². The van der Waals surface area contributed by atoms with E-state index in [0.717, 1.165) is 0 Å². The zero-order chi connectivity index (χ0) is 14.0. The van der Waals surface area contributed by atoms with Gasteiger partial charge in [0.15, 0.2) is 0 Å². The summed E-state index contributed by atoms with van der Waals surface area (Å²) in [5.74, 6) is -0.361. The van der Waals surface area contributed by atoms with Gasteiger partial charge in [-0.05, 0) is 24.1 Å². The van der Waals surface area contributed by atoms with E-state index in [1.54, 1.807) is 18.2 Å². The summed E-state index contributed by atoms with van der Waals surface area (Å²) in [6.45, 7) is 4.08. The van der Waals surface area contributed by atoms with E-state index in [9.17, 15) is 4.79 Å². The number of rotatable bonds is 4. The van der Waals surface area contributed by atoms with Crippen molar-refractivity contribution in [3.8, 4) is 5.69 Å². The molecule has 0 aliphatic carbocycles. The first kappa shape index (κ1) is 13.5. The predicted molar refractivity (Wildman–Crippen MR) is 71.9 cm³/mol. The lowest BCUT2D eigenvalue weighted by Crippen LogP contribution is -2.06. The van der Waals surface area contributed by atoms with Crippen LogP contribution in [0.2, 0.25) is 5.02 Å². The molecular formula is C13H14ClN3O2. The third-order valence-corrected chi connectivity index (χ3v) is 2.74. The van der Waals surface area contributed by atoms with Crippen molar-refractivity contribution >= 4 is 17.6 Å². The van der Waals surface area contributed by atoms with Crippen LogP contribution in [0.15, 0.2) is 24.3 Å². The molecule has 2 aromatic rings. The van der Waals surface area contributed by atoms with Crippen molar-refractivity contribution in [2.45, 2.75) is 20.3 Å². The van der Waals surface area contributed by atoms with Gasteiger partial charge in [0.2, 0.25) is 0 Å². The topological polar surface area (TPSA) is 68.0 Å².